The van der Waals surface area contributed by atoms with Crippen LogP contribution in [0.5, 0.6) is 5.75 Å². The van der Waals surface area contributed by atoms with Crippen molar-refractivity contribution in [3.05, 3.63) is 74.2 Å². The molecule has 2 heterocycles. The molecule has 3 rings (SSSR count). The number of rotatable bonds is 12. The lowest BCUT2D eigenvalue weighted by atomic mass is 9.86. The molecule has 37 heavy (non-hydrogen) atoms. The predicted molar refractivity (Wildman–Crippen MR) is 149 cm³/mol. The third-order valence-corrected chi connectivity index (χ3v) is 7.77. The van der Waals surface area contributed by atoms with Crippen LogP contribution in [-0.4, -0.2) is 28.2 Å². The SMILES string of the molecule is C=C1/C(=C\c2c(C(C)CC)ccc(O)c2CCCCC)Cn2c1cc(C(O)(C=O)CC)c(COC)c2=O. The number of hydrogen-bond donors (Lipinski definition) is 2. The van der Waals surface area contributed by atoms with E-state index < -0.39 is 5.60 Å². The number of unbranched alkanes of at least 4 members (excludes halogenated alkanes) is 2. The highest BCUT2D eigenvalue weighted by molar-refractivity contribution is 5.86. The van der Waals surface area contributed by atoms with Crippen LogP contribution in [0.4, 0.5) is 0 Å². The Labute approximate surface area is 220 Å². The molecule has 1 aromatic carbocycles. The van der Waals surface area contributed by atoms with Gasteiger partial charge in [-0.25, -0.2) is 0 Å². The Morgan fingerprint density at radius 2 is 1.95 bits per heavy atom. The zero-order chi connectivity index (χ0) is 27.3. The van der Waals surface area contributed by atoms with Gasteiger partial charge in [-0.2, -0.15) is 0 Å². The Hall–Kier alpha value is -2.96. The first-order chi connectivity index (χ1) is 17.7. The smallest absolute Gasteiger partial charge is 0.257 e. The summed E-state index contributed by atoms with van der Waals surface area (Å²) in [6, 6.07) is 5.50. The molecule has 6 nitrogen and oxygen atoms in total. The van der Waals surface area contributed by atoms with Gasteiger partial charge in [0.25, 0.3) is 5.56 Å². The molecule has 1 aliphatic heterocycles. The number of carbonyl (C=O) groups excluding carboxylic acids is 1. The normalized spacial score (nSPS) is 16.6. The molecule has 0 saturated carbocycles. The van der Waals surface area contributed by atoms with Crippen molar-refractivity contribution in [3.8, 4) is 5.75 Å². The summed E-state index contributed by atoms with van der Waals surface area (Å²) in [7, 11) is 1.48. The lowest BCUT2D eigenvalue weighted by Crippen LogP contribution is -2.34. The van der Waals surface area contributed by atoms with Crippen molar-refractivity contribution in [3.63, 3.8) is 0 Å². The number of methoxy groups -OCH3 is 1. The summed E-state index contributed by atoms with van der Waals surface area (Å²) in [4.78, 5) is 25.4. The Kier molecular flexibility index (Phi) is 9.32. The van der Waals surface area contributed by atoms with Gasteiger partial charge in [0.15, 0.2) is 6.29 Å². The van der Waals surface area contributed by atoms with Crippen LogP contribution in [0.15, 0.2) is 35.1 Å². The average molecular weight is 508 g/mol. The van der Waals surface area contributed by atoms with Crippen molar-refractivity contribution in [2.24, 2.45) is 0 Å². The molecule has 1 aliphatic rings. The summed E-state index contributed by atoms with van der Waals surface area (Å²) >= 11 is 0. The van der Waals surface area contributed by atoms with Crippen LogP contribution < -0.4 is 5.56 Å². The Balaban J connectivity index is 2.21. The second-order valence-electron chi connectivity index (χ2n) is 10.1. The van der Waals surface area contributed by atoms with Gasteiger partial charge in [0, 0.05) is 23.8 Å². The average Bonchev–Trinajstić information content (AvgIpc) is 3.21. The largest absolute Gasteiger partial charge is 0.508 e. The maximum absolute atomic E-state index is 13.6. The van der Waals surface area contributed by atoms with Gasteiger partial charge in [-0.05, 0) is 72.1 Å². The molecule has 0 saturated heterocycles. The van der Waals surface area contributed by atoms with Crippen LogP contribution in [0.2, 0.25) is 0 Å². The van der Waals surface area contributed by atoms with Crippen LogP contribution in [0.25, 0.3) is 11.6 Å². The fourth-order valence-corrected chi connectivity index (χ4v) is 5.15. The molecule has 2 atom stereocenters. The number of aldehydes is 1. The number of hydrogen-bond acceptors (Lipinski definition) is 5. The molecule has 0 amide bonds. The summed E-state index contributed by atoms with van der Waals surface area (Å²) in [5.41, 5.74) is 3.67. The molecule has 1 aromatic heterocycles. The molecule has 0 bridgehead atoms. The highest BCUT2D eigenvalue weighted by Gasteiger charge is 2.34. The van der Waals surface area contributed by atoms with E-state index in [2.05, 4.69) is 33.4 Å². The van der Waals surface area contributed by atoms with Crippen molar-refractivity contribution in [1.82, 2.24) is 4.57 Å². The van der Waals surface area contributed by atoms with Crippen molar-refractivity contribution in [1.29, 1.82) is 0 Å². The van der Waals surface area contributed by atoms with Crippen LogP contribution in [-0.2, 0) is 34.7 Å². The van der Waals surface area contributed by atoms with Gasteiger partial charge >= 0.3 is 0 Å². The molecule has 2 unspecified atom stereocenters. The van der Waals surface area contributed by atoms with Gasteiger partial charge in [0.1, 0.15) is 11.4 Å². The van der Waals surface area contributed by atoms with Gasteiger partial charge in [0.2, 0.25) is 0 Å². The third-order valence-electron chi connectivity index (χ3n) is 7.77. The van der Waals surface area contributed by atoms with E-state index in [4.69, 9.17) is 4.74 Å². The van der Waals surface area contributed by atoms with Crippen LogP contribution in [0, 0.1) is 0 Å². The van der Waals surface area contributed by atoms with Gasteiger partial charge < -0.3 is 19.5 Å². The zero-order valence-electron chi connectivity index (χ0n) is 22.9. The van der Waals surface area contributed by atoms with Gasteiger partial charge in [-0.1, -0.05) is 53.2 Å². The molecule has 2 N–H and O–H groups in total. The van der Waals surface area contributed by atoms with E-state index in [-0.39, 0.29) is 35.5 Å². The molecule has 0 fully saturated rings. The summed E-state index contributed by atoms with van der Waals surface area (Å²) in [6.45, 7) is 12.8. The number of aromatic hydroxyl groups is 1. The first-order valence-electron chi connectivity index (χ1n) is 13.4. The fraction of sp³-hybridized carbons (Fsp3) is 0.484. The minimum atomic E-state index is -1.78. The van der Waals surface area contributed by atoms with E-state index in [1.54, 1.807) is 23.6 Å². The van der Waals surface area contributed by atoms with E-state index in [9.17, 15) is 19.8 Å². The number of benzene rings is 1. The Morgan fingerprint density at radius 3 is 2.54 bits per heavy atom. The molecular formula is C31H41NO5. The maximum Gasteiger partial charge on any atom is 0.257 e. The highest BCUT2D eigenvalue weighted by atomic mass is 16.5. The van der Waals surface area contributed by atoms with Crippen LogP contribution in [0.3, 0.4) is 0 Å². The zero-order valence-corrected chi connectivity index (χ0v) is 22.9. The summed E-state index contributed by atoms with van der Waals surface area (Å²) in [5.74, 6) is 0.584. The minimum Gasteiger partial charge on any atom is -0.508 e. The summed E-state index contributed by atoms with van der Waals surface area (Å²) in [6.07, 6.45) is 7.57. The van der Waals surface area contributed by atoms with E-state index in [0.29, 0.717) is 30.0 Å². The molecule has 6 heteroatoms. The topological polar surface area (TPSA) is 88.8 Å². The second kappa shape index (κ2) is 12.1. The summed E-state index contributed by atoms with van der Waals surface area (Å²) in [5, 5.41) is 21.8. The molecule has 2 aromatic rings. The molecule has 0 aliphatic carbocycles. The number of allylic oxidation sites excluding steroid dienone is 2. The monoisotopic (exact) mass is 507 g/mol. The number of ether oxygens (including phenoxy) is 1. The lowest BCUT2D eigenvalue weighted by Gasteiger charge is -2.24. The quantitative estimate of drug-likeness (QED) is 0.278. The standard InChI is InChI=1S/C31H41NO5/c1-7-10-11-12-24-25(23(20(4)8-2)13-14-29(24)34)15-22-17-32-28(21(22)5)16-27(31(36,9-3)19-33)26(18-37-6)30(32)35/h13-16,19-20,34,36H,5,7-12,17-18H2,1-4,6H3/b22-15-. The third kappa shape index (κ3) is 5.51. The second-order valence-corrected chi connectivity index (χ2v) is 10.1. The first-order valence-corrected chi connectivity index (χ1v) is 13.4. The van der Waals surface area contributed by atoms with E-state index in [1.807, 2.05) is 6.07 Å². The first kappa shape index (κ1) is 28.6. The number of phenolic OH excluding ortho intramolecular Hbond substituents is 1. The van der Waals surface area contributed by atoms with Crippen molar-refractivity contribution in [2.45, 2.75) is 90.9 Å². The maximum atomic E-state index is 13.6. The number of aromatic nitrogens is 1. The highest BCUT2D eigenvalue weighted by Crippen LogP contribution is 2.39. The number of fused-ring (bicyclic) bond motifs is 1. The van der Waals surface area contributed by atoms with Crippen molar-refractivity contribution >= 4 is 17.9 Å². The van der Waals surface area contributed by atoms with Gasteiger partial charge in [-0.15, -0.1) is 0 Å². The van der Waals surface area contributed by atoms with E-state index in [0.717, 1.165) is 54.4 Å². The Morgan fingerprint density at radius 1 is 1.22 bits per heavy atom. The fourth-order valence-electron chi connectivity index (χ4n) is 5.15. The summed E-state index contributed by atoms with van der Waals surface area (Å²) < 4.78 is 6.90. The number of phenols is 1. The number of nitrogens with zero attached hydrogens (tertiary/aromatic N) is 1. The van der Waals surface area contributed by atoms with Crippen LogP contribution in [0.1, 0.15) is 99.2 Å². The minimum absolute atomic E-state index is 0.0115. The van der Waals surface area contributed by atoms with Crippen molar-refractivity contribution < 1.29 is 19.7 Å². The van der Waals surface area contributed by atoms with E-state index in [1.165, 1.54) is 7.11 Å². The number of pyridine rings is 1. The lowest BCUT2D eigenvalue weighted by molar-refractivity contribution is -0.125. The molecule has 0 radical (unpaired) electrons. The van der Waals surface area contributed by atoms with Crippen LogP contribution >= 0.6 is 0 Å². The van der Waals surface area contributed by atoms with E-state index >= 15 is 0 Å². The van der Waals surface area contributed by atoms with Gasteiger partial charge in [0.05, 0.1) is 18.8 Å². The van der Waals surface area contributed by atoms with Gasteiger partial charge in [-0.3, -0.25) is 9.59 Å². The van der Waals surface area contributed by atoms with Crippen molar-refractivity contribution in [2.75, 3.05) is 7.11 Å². The molecule has 200 valence electrons. The molecular weight excluding hydrogens is 466 g/mol. The Bertz CT molecular complexity index is 1260. The number of carbonyl (C=O) groups is 1. The predicted octanol–water partition coefficient (Wildman–Crippen LogP) is 5.85. The number of aliphatic hydroxyl groups is 1. The molecule has 0 spiro atoms.